The second-order valence-corrected chi connectivity index (χ2v) is 1.98. The van der Waals surface area contributed by atoms with Crippen LogP contribution in [0.3, 0.4) is 0 Å². The quantitative estimate of drug-likeness (QED) is 0.444. The van der Waals surface area contributed by atoms with Crippen LogP contribution in [-0.2, 0) is 0 Å². The van der Waals surface area contributed by atoms with Gasteiger partial charge in [-0.15, -0.1) is 0 Å². The van der Waals surface area contributed by atoms with E-state index < -0.39 is 0 Å². The van der Waals surface area contributed by atoms with E-state index in [1.807, 2.05) is 13.8 Å². The summed E-state index contributed by atoms with van der Waals surface area (Å²) in [6.45, 7) is 3.70. The Morgan fingerprint density at radius 1 is 1.44 bits per heavy atom. The van der Waals surface area contributed by atoms with Crippen LogP contribution in [0.1, 0.15) is 11.4 Å². The molecule has 1 heterocycles. The number of hydrogen-bond donors (Lipinski definition) is 0. The molecule has 0 unspecified atom stereocenters. The van der Waals surface area contributed by atoms with E-state index in [1.54, 1.807) is 6.20 Å². The van der Waals surface area contributed by atoms with Crippen molar-refractivity contribution in [2.75, 3.05) is 0 Å². The first-order valence-electron chi connectivity index (χ1n) is 2.76. The molecule has 2 radical (unpaired) electrons. The Balaban J connectivity index is 3.17. The van der Waals surface area contributed by atoms with E-state index in [9.17, 15) is 0 Å². The van der Waals surface area contributed by atoms with Crippen LogP contribution in [0.4, 0.5) is 0 Å². The molecule has 1 rings (SSSR count). The summed E-state index contributed by atoms with van der Waals surface area (Å²) < 4.78 is 0. The Hall–Kier alpha value is -0.855. The second kappa shape index (κ2) is 2.17. The largest absolute Gasteiger partial charge is 0.266 e. The first-order chi connectivity index (χ1) is 4.20. The van der Waals surface area contributed by atoms with E-state index in [2.05, 4.69) is 9.97 Å². The van der Waals surface area contributed by atoms with Crippen LogP contribution in [0, 0.1) is 13.8 Å². The summed E-state index contributed by atoms with van der Waals surface area (Å²) in [6, 6.07) is 0. The molecule has 0 saturated carbocycles. The van der Waals surface area contributed by atoms with Gasteiger partial charge in [-0.1, -0.05) is 0 Å². The summed E-state index contributed by atoms with van der Waals surface area (Å²) in [5, 5.41) is 0. The maximum atomic E-state index is 5.45. The minimum Gasteiger partial charge on any atom is -0.266 e. The van der Waals surface area contributed by atoms with Gasteiger partial charge in [0.1, 0.15) is 7.85 Å². The standard InChI is InChI=1S/C6H7BN2/c1-4-3-8-5(2)6(7)9-4/h3H,1-2H3. The molecule has 0 N–H and O–H groups in total. The van der Waals surface area contributed by atoms with Crippen molar-refractivity contribution in [3.63, 3.8) is 0 Å². The summed E-state index contributed by atoms with van der Waals surface area (Å²) in [6.07, 6.45) is 1.70. The third kappa shape index (κ3) is 1.28. The molecule has 0 bridgehead atoms. The molecule has 0 aromatic carbocycles. The first kappa shape index (κ1) is 6.27. The van der Waals surface area contributed by atoms with Crippen LogP contribution in [-0.4, -0.2) is 17.8 Å². The van der Waals surface area contributed by atoms with E-state index in [0.29, 0.717) is 5.59 Å². The first-order valence-corrected chi connectivity index (χ1v) is 2.76. The summed E-state index contributed by atoms with van der Waals surface area (Å²) in [4.78, 5) is 7.98. The third-order valence-corrected chi connectivity index (χ3v) is 1.11. The zero-order valence-electron chi connectivity index (χ0n) is 5.55. The fraction of sp³-hybridized carbons (Fsp3) is 0.333. The van der Waals surface area contributed by atoms with Crippen molar-refractivity contribution in [2.45, 2.75) is 13.8 Å². The van der Waals surface area contributed by atoms with E-state index >= 15 is 0 Å². The van der Waals surface area contributed by atoms with Crippen molar-refractivity contribution in [3.05, 3.63) is 17.6 Å². The zero-order valence-corrected chi connectivity index (χ0v) is 5.55. The van der Waals surface area contributed by atoms with Crippen LogP contribution in [0.15, 0.2) is 6.20 Å². The molecule has 0 saturated heterocycles. The topological polar surface area (TPSA) is 25.8 Å². The molecule has 0 spiro atoms. The van der Waals surface area contributed by atoms with Gasteiger partial charge >= 0.3 is 0 Å². The fourth-order valence-corrected chi connectivity index (χ4v) is 0.556. The number of hydrogen-bond acceptors (Lipinski definition) is 2. The molecule has 0 atom stereocenters. The smallest absolute Gasteiger partial charge is 0.144 e. The highest BCUT2D eigenvalue weighted by atomic mass is 14.8. The summed E-state index contributed by atoms with van der Waals surface area (Å²) in [7, 11) is 5.45. The molecule has 0 fully saturated rings. The van der Waals surface area contributed by atoms with Crippen LogP contribution < -0.4 is 5.59 Å². The normalized spacial score (nSPS) is 9.56. The molecule has 0 amide bonds. The highest BCUT2D eigenvalue weighted by molar-refractivity contribution is 6.31. The lowest BCUT2D eigenvalue weighted by Crippen LogP contribution is -2.14. The predicted molar refractivity (Wildman–Crippen MR) is 36.9 cm³/mol. The number of nitrogens with zero attached hydrogens (tertiary/aromatic N) is 2. The van der Waals surface area contributed by atoms with Crippen LogP contribution in [0.5, 0.6) is 0 Å². The SMILES string of the molecule is [B]c1nc(C)cnc1C. The Morgan fingerprint density at radius 3 is 2.56 bits per heavy atom. The van der Waals surface area contributed by atoms with Gasteiger partial charge in [0.15, 0.2) is 0 Å². The van der Waals surface area contributed by atoms with Gasteiger partial charge in [0.25, 0.3) is 0 Å². The molecule has 2 nitrogen and oxygen atoms in total. The van der Waals surface area contributed by atoms with Crippen molar-refractivity contribution in [2.24, 2.45) is 0 Å². The van der Waals surface area contributed by atoms with Crippen molar-refractivity contribution in [1.82, 2.24) is 9.97 Å². The van der Waals surface area contributed by atoms with Gasteiger partial charge in [-0.05, 0) is 13.8 Å². The van der Waals surface area contributed by atoms with Gasteiger partial charge in [0.05, 0.1) is 5.69 Å². The van der Waals surface area contributed by atoms with Gasteiger partial charge in [-0.2, -0.15) is 0 Å². The van der Waals surface area contributed by atoms with E-state index in [-0.39, 0.29) is 0 Å². The molecule has 9 heavy (non-hydrogen) atoms. The van der Waals surface area contributed by atoms with Crippen LogP contribution in [0.25, 0.3) is 0 Å². The van der Waals surface area contributed by atoms with E-state index in [4.69, 9.17) is 7.85 Å². The lowest BCUT2D eigenvalue weighted by atomic mass is 10.0. The van der Waals surface area contributed by atoms with Gasteiger partial charge in [0.2, 0.25) is 0 Å². The maximum absolute atomic E-state index is 5.45. The molecule has 0 aliphatic rings. The van der Waals surface area contributed by atoms with Crippen molar-refractivity contribution in [1.29, 1.82) is 0 Å². The van der Waals surface area contributed by atoms with Gasteiger partial charge in [-0.25, -0.2) is 0 Å². The zero-order chi connectivity index (χ0) is 6.85. The number of rotatable bonds is 0. The van der Waals surface area contributed by atoms with Gasteiger partial charge in [-0.3, -0.25) is 9.97 Å². The van der Waals surface area contributed by atoms with Crippen molar-refractivity contribution in [3.8, 4) is 0 Å². The molecular formula is C6H7BN2. The molecular weight excluding hydrogens is 111 g/mol. The summed E-state index contributed by atoms with van der Waals surface area (Å²) in [5.41, 5.74) is 2.17. The van der Waals surface area contributed by atoms with Crippen molar-refractivity contribution >= 4 is 13.4 Å². The van der Waals surface area contributed by atoms with Crippen molar-refractivity contribution < 1.29 is 0 Å². The summed E-state index contributed by atoms with van der Waals surface area (Å²) in [5.74, 6) is 0. The third-order valence-electron chi connectivity index (χ3n) is 1.11. The molecule has 1 aromatic rings. The molecule has 1 aromatic heterocycles. The van der Waals surface area contributed by atoms with E-state index in [1.165, 1.54) is 0 Å². The Bertz CT molecular complexity index is 222. The average molecular weight is 118 g/mol. The molecule has 44 valence electrons. The molecule has 0 aliphatic carbocycles. The Morgan fingerprint density at radius 2 is 2.11 bits per heavy atom. The average Bonchev–Trinajstić information content (AvgIpc) is 1.80. The summed E-state index contributed by atoms with van der Waals surface area (Å²) >= 11 is 0. The predicted octanol–water partition coefficient (Wildman–Crippen LogP) is -0.113. The van der Waals surface area contributed by atoms with E-state index in [0.717, 1.165) is 11.4 Å². The molecule has 3 heteroatoms. The lowest BCUT2D eigenvalue weighted by Gasteiger charge is -1.97. The minimum absolute atomic E-state index is 0.523. The van der Waals surface area contributed by atoms with Crippen LogP contribution in [0.2, 0.25) is 0 Å². The van der Waals surface area contributed by atoms with Gasteiger partial charge in [0, 0.05) is 17.5 Å². The highest BCUT2D eigenvalue weighted by Crippen LogP contribution is 1.86. The lowest BCUT2D eigenvalue weighted by molar-refractivity contribution is 1.10. The highest BCUT2D eigenvalue weighted by Gasteiger charge is 1.91. The number of aromatic nitrogens is 2. The Labute approximate surface area is 55.8 Å². The second-order valence-electron chi connectivity index (χ2n) is 1.98. The van der Waals surface area contributed by atoms with Crippen LogP contribution >= 0.6 is 0 Å². The Kier molecular flexibility index (Phi) is 1.51. The maximum Gasteiger partial charge on any atom is 0.144 e. The number of aryl methyl sites for hydroxylation is 2. The van der Waals surface area contributed by atoms with Gasteiger partial charge < -0.3 is 0 Å². The minimum atomic E-state index is 0.523. The fourth-order valence-electron chi connectivity index (χ4n) is 0.556. The molecule has 0 aliphatic heterocycles. The monoisotopic (exact) mass is 118 g/mol.